The van der Waals surface area contributed by atoms with E-state index >= 15 is 0 Å². The summed E-state index contributed by atoms with van der Waals surface area (Å²) in [4.78, 5) is 28.5. The molecule has 0 bridgehead atoms. The fourth-order valence-corrected chi connectivity index (χ4v) is 4.64. The molecule has 9 heteroatoms. The summed E-state index contributed by atoms with van der Waals surface area (Å²) in [6.07, 6.45) is 0. The molecule has 1 saturated heterocycles. The molecule has 1 amide bonds. The molecule has 9 nitrogen and oxygen atoms in total. The number of carbonyl (C=O) groups is 1. The average Bonchev–Trinajstić information content (AvgIpc) is 3.12. The molecule has 2 heterocycles. The predicted octanol–water partition coefficient (Wildman–Crippen LogP) is 4.16. The molecule has 1 aliphatic heterocycles. The van der Waals surface area contributed by atoms with Crippen LogP contribution in [0.25, 0.3) is 0 Å². The lowest BCUT2D eigenvalue weighted by molar-refractivity contribution is -0.386. The summed E-state index contributed by atoms with van der Waals surface area (Å²) < 4.78 is 1.62. The van der Waals surface area contributed by atoms with Crippen LogP contribution in [-0.2, 0) is 6.54 Å². The number of nitrogens with zero attached hydrogens (tertiary/aromatic N) is 5. The number of aryl methyl sites for hydroxylation is 2. The Kier molecular flexibility index (Phi) is 7.16. The van der Waals surface area contributed by atoms with Gasteiger partial charge in [0.2, 0.25) is 0 Å². The van der Waals surface area contributed by atoms with Crippen molar-refractivity contribution in [1.29, 1.82) is 0 Å². The molecule has 0 unspecified atom stereocenters. The fourth-order valence-electron chi connectivity index (χ4n) is 4.64. The Bertz CT molecular complexity index is 1230. The van der Waals surface area contributed by atoms with Crippen LogP contribution in [0.3, 0.4) is 0 Å². The number of anilines is 2. The lowest BCUT2D eigenvalue weighted by Crippen LogP contribution is -2.46. The largest absolute Gasteiger partial charge is 0.369 e. The van der Waals surface area contributed by atoms with Gasteiger partial charge in [0.15, 0.2) is 0 Å². The molecule has 0 saturated carbocycles. The van der Waals surface area contributed by atoms with Gasteiger partial charge in [0.1, 0.15) is 11.4 Å². The topological polar surface area (TPSA) is 96.5 Å². The van der Waals surface area contributed by atoms with Crippen LogP contribution >= 0.6 is 0 Å². The first-order chi connectivity index (χ1) is 16.8. The van der Waals surface area contributed by atoms with Gasteiger partial charge in [0.05, 0.1) is 11.5 Å². The Morgan fingerprint density at radius 1 is 1.06 bits per heavy atom. The van der Waals surface area contributed by atoms with E-state index in [0.29, 0.717) is 23.5 Å². The minimum atomic E-state index is -0.401. The van der Waals surface area contributed by atoms with Crippen molar-refractivity contribution in [2.24, 2.45) is 0 Å². The molecule has 1 aromatic heterocycles. The minimum Gasteiger partial charge on any atom is -0.369 e. The highest BCUT2D eigenvalue weighted by atomic mass is 16.6. The molecule has 0 atom stereocenters. The summed E-state index contributed by atoms with van der Waals surface area (Å²) >= 11 is 0. The Balaban J connectivity index is 1.39. The molecular formula is C26H32N6O3. The third kappa shape index (κ3) is 5.35. The Labute approximate surface area is 205 Å². The highest BCUT2D eigenvalue weighted by molar-refractivity contribution is 6.04. The smallest absolute Gasteiger partial charge is 0.312 e. The molecule has 4 rings (SSSR count). The zero-order chi connectivity index (χ0) is 25.1. The van der Waals surface area contributed by atoms with Gasteiger partial charge >= 0.3 is 5.69 Å². The zero-order valence-electron chi connectivity index (χ0n) is 20.7. The lowest BCUT2D eigenvalue weighted by atomic mass is 10.1. The number of amides is 1. The molecule has 0 spiro atoms. The maximum Gasteiger partial charge on any atom is 0.312 e. The van der Waals surface area contributed by atoms with E-state index in [-0.39, 0.29) is 11.6 Å². The fraction of sp³-hybridized carbons (Fsp3) is 0.385. The second-order valence-corrected chi connectivity index (χ2v) is 9.01. The molecule has 2 aromatic carbocycles. The van der Waals surface area contributed by atoms with Crippen molar-refractivity contribution >= 4 is 23.0 Å². The van der Waals surface area contributed by atoms with Crippen LogP contribution in [0.5, 0.6) is 0 Å². The first-order valence-electron chi connectivity index (χ1n) is 11.9. The number of nitrogens with one attached hydrogen (secondary N) is 1. The molecule has 1 N–H and O–H groups in total. The molecular weight excluding hydrogens is 444 g/mol. The first-order valence-corrected chi connectivity index (χ1v) is 11.9. The quantitative estimate of drug-likeness (QED) is 0.406. The van der Waals surface area contributed by atoms with E-state index in [1.807, 2.05) is 24.3 Å². The molecule has 1 aliphatic rings. The van der Waals surface area contributed by atoms with E-state index in [2.05, 4.69) is 40.1 Å². The van der Waals surface area contributed by atoms with Crippen molar-refractivity contribution in [1.82, 2.24) is 14.7 Å². The van der Waals surface area contributed by atoms with Crippen molar-refractivity contribution in [3.63, 3.8) is 0 Å². The van der Waals surface area contributed by atoms with Gasteiger partial charge in [-0.15, -0.1) is 0 Å². The van der Waals surface area contributed by atoms with Crippen molar-refractivity contribution in [3.8, 4) is 0 Å². The van der Waals surface area contributed by atoms with Gasteiger partial charge in [0, 0.05) is 43.1 Å². The number of nitro groups is 1. The second kappa shape index (κ2) is 10.3. The number of likely N-dealkylation sites (N-methyl/N-ethyl adjacent to an activating group) is 1. The monoisotopic (exact) mass is 476 g/mol. The molecule has 184 valence electrons. The average molecular weight is 477 g/mol. The number of benzene rings is 2. The summed E-state index contributed by atoms with van der Waals surface area (Å²) in [7, 11) is 0. The minimum absolute atomic E-state index is 0.0468. The van der Waals surface area contributed by atoms with Gasteiger partial charge < -0.3 is 15.1 Å². The van der Waals surface area contributed by atoms with Crippen LogP contribution in [0.1, 0.15) is 39.8 Å². The van der Waals surface area contributed by atoms with Crippen molar-refractivity contribution in [2.75, 3.05) is 42.9 Å². The number of hydrogen-bond acceptors (Lipinski definition) is 6. The van der Waals surface area contributed by atoms with Crippen LogP contribution in [0.15, 0.2) is 42.5 Å². The number of carbonyl (C=O) groups excluding carboxylic acids is 1. The van der Waals surface area contributed by atoms with Gasteiger partial charge in [-0.25, -0.2) is 0 Å². The Hall–Kier alpha value is -3.72. The van der Waals surface area contributed by atoms with Gasteiger partial charge in [-0.2, -0.15) is 5.10 Å². The van der Waals surface area contributed by atoms with Crippen LogP contribution < -0.4 is 10.2 Å². The molecule has 0 aliphatic carbocycles. The standard InChI is InChI=1S/C26H32N6O3/c1-5-29-12-14-30(15-13-29)24-11-10-23(16-18(24)2)27-26(33)22-8-6-21(7-9-22)17-31-20(4)25(32(34)35)19(3)28-31/h6-11,16H,5,12-15,17H2,1-4H3,(H,27,33). The van der Waals surface area contributed by atoms with Crippen LogP contribution in [0.4, 0.5) is 17.1 Å². The van der Waals surface area contributed by atoms with Crippen molar-refractivity contribution in [2.45, 2.75) is 34.2 Å². The number of hydrogen-bond donors (Lipinski definition) is 1. The number of rotatable bonds is 7. The van der Waals surface area contributed by atoms with Gasteiger partial charge in [-0.1, -0.05) is 19.1 Å². The van der Waals surface area contributed by atoms with Crippen LogP contribution in [0, 0.1) is 30.9 Å². The van der Waals surface area contributed by atoms with Gasteiger partial charge in [-0.05, 0) is 68.8 Å². The van der Waals surface area contributed by atoms with E-state index in [0.717, 1.165) is 49.5 Å². The Morgan fingerprint density at radius 2 is 1.74 bits per heavy atom. The normalized spacial score (nSPS) is 14.2. The van der Waals surface area contributed by atoms with Crippen molar-refractivity contribution < 1.29 is 9.72 Å². The van der Waals surface area contributed by atoms with Crippen LogP contribution in [-0.4, -0.2) is 58.2 Å². The van der Waals surface area contributed by atoms with E-state index in [1.165, 1.54) is 5.69 Å². The third-order valence-electron chi connectivity index (χ3n) is 6.69. The SMILES string of the molecule is CCN1CCN(c2ccc(NC(=O)c3ccc(Cn4nc(C)c([N+](=O)[O-])c4C)cc3)cc2C)CC1. The maximum atomic E-state index is 12.8. The van der Waals surface area contributed by atoms with E-state index < -0.39 is 4.92 Å². The number of aromatic nitrogens is 2. The predicted molar refractivity (Wildman–Crippen MR) is 137 cm³/mol. The van der Waals surface area contributed by atoms with E-state index in [1.54, 1.807) is 30.7 Å². The Morgan fingerprint density at radius 3 is 2.31 bits per heavy atom. The summed E-state index contributed by atoms with van der Waals surface area (Å²) in [6.45, 7) is 13.3. The summed E-state index contributed by atoms with van der Waals surface area (Å²) in [5.41, 5.74) is 5.53. The molecule has 3 aromatic rings. The van der Waals surface area contributed by atoms with Gasteiger partial charge in [-0.3, -0.25) is 19.6 Å². The summed E-state index contributed by atoms with van der Waals surface area (Å²) in [5, 5.41) is 18.5. The van der Waals surface area contributed by atoms with Crippen molar-refractivity contribution in [3.05, 3.63) is 80.7 Å². The molecule has 1 fully saturated rings. The first kappa shape index (κ1) is 24.4. The zero-order valence-corrected chi connectivity index (χ0v) is 20.7. The highest BCUT2D eigenvalue weighted by Crippen LogP contribution is 2.26. The second-order valence-electron chi connectivity index (χ2n) is 9.01. The molecule has 35 heavy (non-hydrogen) atoms. The van der Waals surface area contributed by atoms with E-state index in [9.17, 15) is 14.9 Å². The summed E-state index contributed by atoms with van der Waals surface area (Å²) in [5.74, 6) is -0.179. The highest BCUT2D eigenvalue weighted by Gasteiger charge is 2.22. The number of piperazine rings is 1. The lowest BCUT2D eigenvalue weighted by Gasteiger charge is -2.36. The summed E-state index contributed by atoms with van der Waals surface area (Å²) in [6, 6.07) is 13.3. The third-order valence-corrected chi connectivity index (χ3v) is 6.69. The van der Waals surface area contributed by atoms with Crippen LogP contribution in [0.2, 0.25) is 0 Å². The van der Waals surface area contributed by atoms with E-state index in [4.69, 9.17) is 0 Å². The maximum absolute atomic E-state index is 12.8. The van der Waals surface area contributed by atoms with Gasteiger partial charge in [0.25, 0.3) is 5.91 Å². The molecule has 0 radical (unpaired) electrons.